The highest BCUT2D eigenvalue weighted by Crippen LogP contribution is 2.26. The van der Waals surface area contributed by atoms with Crippen molar-refractivity contribution in [3.8, 4) is 0 Å². The number of rotatable bonds is 4. The Morgan fingerprint density at radius 3 is 2.58 bits per heavy atom. The summed E-state index contributed by atoms with van der Waals surface area (Å²) >= 11 is 1.41. The van der Waals surface area contributed by atoms with Crippen molar-refractivity contribution in [1.29, 1.82) is 0 Å². The van der Waals surface area contributed by atoms with Crippen molar-refractivity contribution >= 4 is 23.7 Å². The minimum atomic E-state index is 0.333. The van der Waals surface area contributed by atoms with Gasteiger partial charge < -0.3 is 4.90 Å². The first-order valence-electron chi connectivity index (χ1n) is 5.58. The van der Waals surface area contributed by atoms with E-state index < -0.39 is 0 Å². The van der Waals surface area contributed by atoms with Crippen LogP contribution >= 0.6 is 11.8 Å². The highest BCUT2D eigenvalue weighted by Gasteiger charge is 2.11. The molecule has 0 saturated heterocycles. The maximum atomic E-state index is 5.37. The smallest absolute Gasteiger partial charge is 0.242 e. The molecule has 19 heavy (non-hydrogen) atoms. The first-order valence-corrected chi connectivity index (χ1v) is 6.39. The van der Waals surface area contributed by atoms with Gasteiger partial charge in [0.15, 0.2) is 0 Å². The highest BCUT2D eigenvalue weighted by atomic mass is 32.2. The Hall–Kier alpha value is -1.87. The van der Waals surface area contributed by atoms with Crippen molar-refractivity contribution in [2.24, 2.45) is 12.9 Å². The number of anilines is 2. The number of hydrogen-bond donors (Lipinski definition) is 2. The lowest BCUT2D eigenvalue weighted by Gasteiger charge is -2.11. The molecule has 0 unspecified atom stereocenters. The third kappa shape index (κ3) is 3.12. The summed E-state index contributed by atoms with van der Waals surface area (Å²) in [5, 5.41) is 5.80. The van der Waals surface area contributed by atoms with Crippen LogP contribution in [0.2, 0.25) is 0 Å². The van der Waals surface area contributed by atoms with Crippen LogP contribution in [0.1, 0.15) is 5.69 Å². The molecule has 9 heteroatoms. The SMILES string of the molecule is Cc1cc(Sc2nc(NN)nc(N(C)C)n2)n(C)n1. The molecule has 3 N–H and O–H groups in total. The Kier molecular flexibility index (Phi) is 3.86. The van der Waals surface area contributed by atoms with E-state index in [-0.39, 0.29) is 0 Å². The van der Waals surface area contributed by atoms with E-state index >= 15 is 0 Å². The number of nitrogens with one attached hydrogen (secondary N) is 1. The first kappa shape index (κ1) is 13.6. The second-order valence-electron chi connectivity index (χ2n) is 4.13. The monoisotopic (exact) mass is 280 g/mol. The molecule has 2 aromatic rings. The summed E-state index contributed by atoms with van der Waals surface area (Å²) < 4.78 is 1.79. The van der Waals surface area contributed by atoms with Crippen LogP contribution in [0.3, 0.4) is 0 Å². The van der Waals surface area contributed by atoms with E-state index in [1.54, 1.807) is 9.58 Å². The average molecular weight is 280 g/mol. The largest absolute Gasteiger partial charge is 0.347 e. The zero-order valence-corrected chi connectivity index (χ0v) is 12.1. The van der Waals surface area contributed by atoms with Crippen molar-refractivity contribution in [2.75, 3.05) is 24.4 Å². The van der Waals surface area contributed by atoms with Crippen LogP contribution in [-0.4, -0.2) is 38.8 Å². The average Bonchev–Trinajstić information content (AvgIpc) is 2.67. The molecule has 2 heterocycles. The second kappa shape index (κ2) is 5.41. The third-order valence-corrected chi connectivity index (χ3v) is 3.24. The molecule has 0 bridgehead atoms. The van der Waals surface area contributed by atoms with E-state index in [2.05, 4.69) is 25.5 Å². The quantitative estimate of drug-likeness (QED) is 0.614. The van der Waals surface area contributed by atoms with Crippen molar-refractivity contribution in [2.45, 2.75) is 17.1 Å². The number of nitrogens with zero attached hydrogens (tertiary/aromatic N) is 6. The fourth-order valence-electron chi connectivity index (χ4n) is 1.43. The summed E-state index contributed by atoms with van der Waals surface area (Å²) in [6.07, 6.45) is 0. The summed E-state index contributed by atoms with van der Waals surface area (Å²) in [5.41, 5.74) is 3.39. The molecule has 0 radical (unpaired) electrons. The standard InChI is InChI=1S/C10H16N8S/c1-6-5-7(18(4)16-6)19-10-13-8(15-11)12-9(14-10)17(2)3/h5H,11H2,1-4H3,(H,12,13,14,15). The van der Waals surface area contributed by atoms with Gasteiger partial charge in [0.25, 0.3) is 0 Å². The molecule has 2 rings (SSSR count). The summed E-state index contributed by atoms with van der Waals surface area (Å²) in [7, 11) is 5.60. The molecule has 8 nitrogen and oxygen atoms in total. The Bertz CT molecular complexity index is 579. The summed E-state index contributed by atoms with van der Waals surface area (Å²) in [4.78, 5) is 14.5. The van der Waals surface area contributed by atoms with Crippen LogP contribution in [0.25, 0.3) is 0 Å². The van der Waals surface area contributed by atoms with Crippen LogP contribution in [0, 0.1) is 6.92 Å². The third-order valence-electron chi connectivity index (χ3n) is 2.29. The van der Waals surface area contributed by atoms with E-state index in [9.17, 15) is 0 Å². The molecule has 0 aliphatic rings. The molecule has 0 aromatic carbocycles. The van der Waals surface area contributed by atoms with Crippen LogP contribution in [0.5, 0.6) is 0 Å². The Morgan fingerprint density at radius 2 is 2.05 bits per heavy atom. The van der Waals surface area contributed by atoms with Gasteiger partial charge in [-0.2, -0.15) is 20.1 Å². The minimum Gasteiger partial charge on any atom is -0.347 e. The Balaban J connectivity index is 2.34. The molecule has 102 valence electrons. The topological polar surface area (TPSA) is 97.8 Å². The lowest BCUT2D eigenvalue weighted by molar-refractivity contribution is 0.691. The van der Waals surface area contributed by atoms with Gasteiger partial charge in [-0.3, -0.25) is 10.1 Å². The van der Waals surface area contributed by atoms with Gasteiger partial charge in [-0.25, -0.2) is 5.84 Å². The highest BCUT2D eigenvalue weighted by molar-refractivity contribution is 7.99. The normalized spacial score (nSPS) is 10.6. The molecule has 0 fully saturated rings. The summed E-state index contributed by atoms with van der Waals surface area (Å²) in [6, 6.07) is 1.97. The summed E-state index contributed by atoms with van der Waals surface area (Å²) in [6.45, 7) is 1.94. The fourth-order valence-corrected chi connectivity index (χ4v) is 2.28. The van der Waals surface area contributed by atoms with Crippen LogP contribution < -0.4 is 16.2 Å². The molecular weight excluding hydrogens is 264 g/mol. The number of hydrazine groups is 1. The molecule has 2 aromatic heterocycles. The maximum Gasteiger partial charge on any atom is 0.242 e. The van der Waals surface area contributed by atoms with Gasteiger partial charge in [0, 0.05) is 21.1 Å². The zero-order valence-electron chi connectivity index (χ0n) is 11.2. The predicted molar refractivity (Wildman–Crippen MR) is 74.0 cm³/mol. The summed E-state index contributed by atoms with van der Waals surface area (Å²) in [5.74, 6) is 6.25. The van der Waals surface area contributed by atoms with Crippen molar-refractivity contribution in [3.05, 3.63) is 11.8 Å². The lowest BCUT2D eigenvalue weighted by Crippen LogP contribution is -2.17. The fraction of sp³-hybridized carbons (Fsp3) is 0.400. The molecule has 0 amide bonds. The van der Waals surface area contributed by atoms with E-state index in [4.69, 9.17) is 5.84 Å². The number of aromatic nitrogens is 5. The minimum absolute atomic E-state index is 0.333. The Labute approximate surface area is 115 Å². The second-order valence-corrected chi connectivity index (χ2v) is 5.12. The zero-order chi connectivity index (χ0) is 14.0. The van der Waals surface area contributed by atoms with Gasteiger partial charge >= 0.3 is 0 Å². The number of nitrogen functional groups attached to an aromatic ring is 1. The maximum absolute atomic E-state index is 5.37. The van der Waals surface area contributed by atoms with Crippen LogP contribution in [-0.2, 0) is 7.05 Å². The van der Waals surface area contributed by atoms with Gasteiger partial charge in [0.2, 0.25) is 17.1 Å². The van der Waals surface area contributed by atoms with Crippen LogP contribution in [0.4, 0.5) is 11.9 Å². The Morgan fingerprint density at radius 1 is 1.32 bits per heavy atom. The van der Waals surface area contributed by atoms with Crippen molar-refractivity contribution in [3.63, 3.8) is 0 Å². The lowest BCUT2D eigenvalue weighted by atomic mass is 10.5. The van der Waals surface area contributed by atoms with E-state index in [0.717, 1.165) is 10.7 Å². The van der Waals surface area contributed by atoms with Gasteiger partial charge in [-0.15, -0.1) is 0 Å². The number of nitrogens with two attached hydrogens (primary N) is 1. The van der Waals surface area contributed by atoms with E-state index in [0.29, 0.717) is 17.1 Å². The number of hydrogen-bond acceptors (Lipinski definition) is 8. The molecule has 0 spiro atoms. The van der Waals surface area contributed by atoms with E-state index in [1.165, 1.54) is 11.8 Å². The van der Waals surface area contributed by atoms with E-state index in [1.807, 2.05) is 34.1 Å². The molecule has 0 aliphatic carbocycles. The predicted octanol–water partition coefficient (Wildman–Crippen LogP) is 0.416. The van der Waals surface area contributed by atoms with Gasteiger partial charge in [0.05, 0.1) is 5.69 Å². The number of aryl methyl sites for hydroxylation is 2. The van der Waals surface area contributed by atoms with Gasteiger partial charge in [-0.05, 0) is 24.8 Å². The molecular formula is C10H16N8S. The molecule has 0 atom stereocenters. The molecule has 0 saturated carbocycles. The van der Waals surface area contributed by atoms with Gasteiger partial charge in [0.1, 0.15) is 5.03 Å². The van der Waals surface area contributed by atoms with Crippen molar-refractivity contribution in [1.82, 2.24) is 24.7 Å². The van der Waals surface area contributed by atoms with Gasteiger partial charge in [-0.1, -0.05) is 0 Å². The first-order chi connectivity index (χ1) is 8.99. The van der Waals surface area contributed by atoms with Crippen molar-refractivity contribution < 1.29 is 0 Å². The molecule has 0 aliphatic heterocycles. The van der Waals surface area contributed by atoms with Crippen LogP contribution in [0.15, 0.2) is 16.2 Å².